The second-order valence-corrected chi connectivity index (χ2v) is 3.63. The third-order valence-electron chi connectivity index (χ3n) is 2.50. The molecule has 2 heterocycles. The van der Waals surface area contributed by atoms with Crippen LogP contribution in [0.15, 0.2) is 24.3 Å². The normalized spacial score (nSPS) is 28.2. The summed E-state index contributed by atoms with van der Waals surface area (Å²) < 4.78 is 18.8. The smallest absolute Gasteiger partial charge is 0.129 e. The molecule has 0 amide bonds. The van der Waals surface area contributed by atoms with E-state index < -0.39 is 0 Å². The van der Waals surface area contributed by atoms with Gasteiger partial charge < -0.3 is 4.74 Å². The predicted octanol–water partition coefficient (Wildman–Crippen LogP) is 3.16. The van der Waals surface area contributed by atoms with E-state index in [0.717, 1.165) is 5.56 Å². The zero-order valence-corrected chi connectivity index (χ0v) is 7.38. The highest BCUT2D eigenvalue weighted by molar-refractivity contribution is 6.31. The topological polar surface area (TPSA) is 9.23 Å². The first kappa shape index (κ1) is 7.54. The van der Waals surface area contributed by atoms with Crippen LogP contribution in [0.5, 0.6) is 0 Å². The van der Waals surface area contributed by atoms with Crippen molar-refractivity contribution in [3.63, 3.8) is 0 Å². The molecule has 2 aliphatic heterocycles. The zero-order chi connectivity index (χ0) is 9.00. The van der Waals surface area contributed by atoms with E-state index in [-0.39, 0.29) is 18.0 Å². The first-order chi connectivity index (χ1) is 6.27. The fraction of sp³-hybridized carbons (Fsp3) is 0.200. The van der Waals surface area contributed by atoms with Gasteiger partial charge in [-0.25, -0.2) is 4.39 Å². The Morgan fingerprint density at radius 1 is 1.15 bits per heavy atom. The van der Waals surface area contributed by atoms with E-state index in [9.17, 15) is 4.39 Å². The van der Waals surface area contributed by atoms with E-state index in [4.69, 9.17) is 16.3 Å². The summed E-state index contributed by atoms with van der Waals surface area (Å²) in [5.74, 6) is -0.226. The maximum Gasteiger partial charge on any atom is 0.129 e. The van der Waals surface area contributed by atoms with Crippen molar-refractivity contribution in [3.05, 3.63) is 46.3 Å². The fourth-order valence-corrected chi connectivity index (χ4v) is 2.21. The Hall–Kier alpha value is -0.860. The summed E-state index contributed by atoms with van der Waals surface area (Å²) in [6.07, 6.45) is 3.42. The van der Waals surface area contributed by atoms with Crippen molar-refractivity contribution in [2.24, 2.45) is 0 Å². The SMILES string of the molecule is Fc1ccc(Cl)c2c1C1C=CC2O1. The van der Waals surface area contributed by atoms with Gasteiger partial charge in [0.1, 0.15) is 18.0 Å². The highest BCUT2D eigenvalue weighted by Gasteiger charge is 2.37. The molecular formula is C10H6ClFO. The second-order valence-electron chi connectivity index (χ2n) is 3.22. The van der Waals surface area contributed by atoms with E-state index in [0.29, 0.717) is 10.6 Å². The summed E-state index contributed by atoms with van der Waals surface area (Å²) in [7, 11) is 0. The number of benzene rings is 1. The van der Waals surface area contributed by atoms with Crippen LogP contribution in [-0.2, 0) is 4.74 Å². The molecule has 3 rings (SSSR count). The van der Waals surface area contributed by atoms with Gasteiger partial charge in [-0.3, -0.25) is 0 Å². The monoisotopic (exact) mass is 196 g/mol. The molecule has 2 unspecified atom stereocenters. The molecule has 2 atom stereocenters. The van der Waals surface area contributed by atoms with E-state index >= 15 is 0 Å². The van der Waals surface area contributed by atoms with Gasteiger partial charge in [0.15, 0.2) is 0 Å². The summed E-state index contributed by atoms with van der Waals surface area (Å²) in [4.78, 5) is 0. The van der Waals surface area contributed by atoms with Crippen LogP contribution < -0.4 is 0 Å². The van der Waals surface area contributed by atoms with Crippen LogP contribution in [0.4, 0.5) is 4.39 Å². The standard InChI is InChI=1S/C10H6ClFO/c11-5-1-2-6(12)10-8-4-3-7(13-8)9(5)10/h1-4,7-8H. The van der Waals surface area contributed by atoms with Crippen LogP contribution in [0.3, 0.4) is 0 Å². The summed E-state index contributed by atoms with van der Waals surface area (Å²) in [5, 5.41) is 0.591. The Morgan fingerprint density at radius 3 is 2.54 bits per heavy atom. The lowest BCUT2D eigenvalue weighted by Crippen LogP contribution is -1.97. The molecule has 0 spiro atoms. The zero-order valence-electron chi connectivity index (χ0n) is 6.63. The van der Waals surface area contributed by atoms with Gasteiger partial charge in [0, 0.05) is 16.1 Å². The van der Waals surface area contributed by atoms with E-state index in [1.807, 2.05) is 12.2 Å². The molecule has 0 N–H and O–H groups in total. The molecule has 0 radical (unpaired) electrons. The lowest BCUT2D eigenvalue weighted by molar-refractivity contribution is 0.0867. The summed E-state index contributed by atoms with van der Waals surface area (Å²) in [5.41, 5.74) is 1.41. The largest absolute Gasteiger partial charge is 0.357 e. The Morgan fingerprint density at radius 2 is 1.85 bits per heavy atom. The number of ether oxygens (including phenoxy) is 1. The van der Waals surface area contributed by atoms with Crippen molar-refractivity contribution in [2.75, 3.05) is 0 Å². The van der Waals surface area contributed by atoms with Gasteiger partial charge in [-0.2, -0.15) is 0 Å². The fourth-order valence-electron chi connectivity index (χ4n) is 1.94. The number of hydrogen-bond acceptors (Lipinski definition) is 1. The number of rotatable bonds is 0. The molecule has 3 heteroatoms. The molecule has 2 bridgehead atoms. The Balaban J connectivity index is 2.33. The van der Waals surface area contributed by atoms with Gasteiger partial charge in [-0.15, -0.1) is 0 Å². The second kappa shape index (κ2) is 2.34. The molecule has 13 heavy (non-hydrogen) atoms. The summed E-state index contributed by atoms with van der Waals surface area (Å²) >= 11 is 5.96. The Kier molecular flexibility index (Phi) is 1.35. The highest BCUT2D eigenvalue weighted by Crippen LogP contribution is 2.49. The third-order valence-corrected chi connectivity index (χ3v) is 2.83. The predicted molar refractivity (Wildman–Crippen MR) is 47.1 cm³/mol. The minimum Gasteiger partial charge on any atom is -0.357 e. The molecule has 0 fully saturated rings. The number of hydrogen-bond donors (Lipinski definition) is 0. The van der Waals surface area contributed by atoms with E-state index in [2.05, 4.69) is 0 Å². The average molecular weight is 197 g/mol. The van der Waals surface area contributed by atoms with Crippen molar-refractivity contribution in [1.82, 2.24) is 0 Å². The summed E-state index contributed by atoms with van der Waals surface area (Å²) in [6.45, 7) is 0. The minimum atomic E-state index is -0.226. The van der Waals surface area contributed by atoms with Crippen LogP contribution in [0.1, 0.15) is 23.3 Å². The van der Waals surface area contributed by atoms with Crippen LogP contribution in [0.25, 0.3) is 0 Å². The van der Waals surface area contributed by atoms with Gasteiger partial charge in [-0.1, -0.05) is 23.8 Å². The van der Waals surface area contributed by atoms with Crippen molar-refractivity contribution >= 4 is 11.6 Å². The van der Waals surface area contributed by atoms with Crippen LogP contribution >= 0.6 is 11.6 Å². The first-order valence-corrected chi connectivity index (χ1v) is 4.47. The van der Waals surface area contributed by atoms with Crippen LogP contribution in [-0.4, -0.2) is 0 Å². The number of fused-ring (bicyclic) bond motifs is 5. The number of halogens is 2. The molecule has 1 nitrogen and oxygen atoms in total. The molecule has 0 saturated carbocycles. The van der Waals surface area contributed by atoms with Crippen molar-refractivity contribution in [1.29, 1.82) is 0 Å². The lowest BCUT2D eigenvalue weighted by atomic mass is 9.96. The first-order valence-electron chi connectivity index (χ1n) is 4.09. The molecule has 0 saturated heterocycles. The van der Waals surface area contributed by atoms with Gasteiger partial charge in [0.2, 0.25) is 0 Å². The summed E-state index contributed by atoms with van der Waals surface area (Å²) in [6, 6.07) is 2.96. The van der Waals surface area contributed by atoms with E-state index in [1.165, 1.54) is 6.07 Å². The maximum absolute atomic E-state index is 13.4. The molecule has 1 aromatic carbocycles. The van der Waals surface area contributed by atoms with Crippen LogP contribution in [0.2, 0.25) is 5.02 Å². The van der Waals surface area contributed by atoms with Crippen molar-refractivity contribution in [2.45, 2.75) is 12.2 Å². The van der Waals surface area contributed by atoms with Crippen molar-refractivity contribution in [3.8, 4) is 0 Å². The lowest BCUT2D eigenvalue weighted by Gasteiger charge is -2.09. The molecule has 2 aliphatic rings. The van der Waals surface area contributed by atoms with E-state index in [1.54, 1.807) is 6.07 Å². The highest BCUT2D eigenvalue weighted by atomic mass is 35.5. The molecule has 0 aliphatic carbocycles. The van der Waals surface area contributed by atoms with Gasteiger partial charge in [-0.05, 0) is 12.1 Å². The quantitative estimate of drug-likeness (QED) is 0.580. The third kappa shape index (κ3) is 0.847. The minimum absolute atomic E-state index is 0.136. The Bertz CT molecular complexity index is 377. The Labute approximate surface area is 79.8 Å². The molecular weight excluding hydrogens is 191 g/mol. The van der Waals surface area contributed by atoms with Gasteiger partial charge in [0.25, 0.3) is 0 Å². The van der Waals surface area contributed by atoms with Crippen molar-refractivity contribution < 1.29 is 9.13 Å². The molecule has 66 valence electrons. The molecule has 0 aromatic heterocycles. The van der Waals surface area contributed by atoms with Gasteiger partial charge >= 0.3 is 0 Å². The molecule has 1 aromatic rings. The average Bonchev–Trinajstić information content (AvgIpc) is 2.70. The maximum atomic E-state index is 13.4. The van der Waals surface area contributed by atoms with Gasteiger partial charge in [0.05, 0.1) is 0 Å². The van der Waals surface area contributed by atoms with Crippen LogP contribution in [0, 0.1) is 5.82 Å².